The highest BCUT2D eigenvalue weighted by Crippen LogP contribution is 2.33. The van der Waals surface area contributed by atoms with Crippen molar-refractivity contribution in [3.63, 3.8) is 0 Å². The van der Waals surface area contributed by atoms with Crippen LogP contribution in [0.3, 0.4) is 0 Å². The maximum atomic E-state index is 12.3. The number of aromatic nitrogens is 2. The summed E-state index contributed by atoms with van der Waals surface area (Å²) in [4.78, 5) is 49.5. The molecule has 1 heterocycles. The monoisotopic (exact) mass is 381 g/mol. The molecule has 0 spiro atoms. The average molecular weight is 381 g/mol. The van der Waals surface area contributed by atoms with Gasteiger partial charge in [0.2, 0.25) is 0 Å². The number of aryl methyl sites for hydroxylation is 1. The SMILES string of the molecule is Cc1cn(C2CCC(CC(=O)O)CC2NC(=O)OC(C)(C)C)c(=O)[nH]c1=O. The van der Waals surface area contributed by atoms with Crippen LogP contribution in [0.5, 0.6) is 0 Å². The lowest BCUT2D eigenvalue weighted by molar-refractivity contribution is -0.138. The minimum absolute atomic E-state index is 0.00122. The van der Waals surface area contributed by atoms with Gasteiger partial charge in [-0.15, -0.1) is 0 Å². The minimum Gasteiger partial charge on any atom is -0.481 e. The van der Waals surface area contributed by atoms with Crippen molar-refractivity contribution in [3.05, 3.63) is 32.6 Å². The number of hydrogen-bond donors (Lipinski definition) is 3. The highest BCUT2D eigenvalue weighted by Gasteiger charge is 2.35. The number of carboxylic acid groups (broad SMARTS) is 1. The van der Waals surface area contributed by atoms with Crippen LogP contribution in [0.2, 0.25) is 0 Å². The van der Waals surface area contributed by atoms with Crippen molar-refractivity contribution in [2.75, 3.05) is 0 Å². The van der Waals surface area contributed by atoms with Crippen molar-refractivity contribution in [2.24, 2.45) is 5.92 Å². The first-order valence-corrected chi connectivity index (χ1v) is 8.99. The molecule has 150 valence electrons. The molecule has 1 aromatic heterocycles. The second-order valence-electron chi connectivity index (χ2n) is 8.08. The molecule has 27 heavy (non-hydrogen) atoms. The van der Waals surface area contributed by atoms with Crippen LogP contribution in [0, 0.1) is 12.8 Å². The third kappa shape index (κ3) is 5.70. The topological polar surface area (TPSA) is 130 Å². The summed E-state index contributed by atoms with van der Waals surface area (Å²) in [5, 5.41) is 11.9. The van der Waals surface area contributed by atoms with Crippen molar-refractivity contribution in [2.45, 2.75) is 71.1 Å². The number of carboxylic acids is 1. The number of alkyl carbamates (subject to hydrolysis) is 1. The molecule has 2 rings (SSSR count). The van der Waals surface area contributed by atoms with E-state index in [2.05, 4.69) is 10.3 Å². The maximum Gasteiger partial charge on any atom is 0.407 e. The first-order valence-electron chi connectivity index (χ1n) is 8.99. The Kier molecular flexibility index (Phi) is 6.12. The second-order valence-corrected chi connectivity index (χ2v) is 8.08. The first-order chi connectivity index (χ1) is 12.5. The van der Waals surface area contributed by atoms with Gasteiger partial charge in [-0.25, -0.2) is 9.59 Å². The number of ether oxygens (including phenoxy) is 1. The lowest BCUT2D eigenvalue weighted by atomic mass is 9.80. The van der Waals surface area contributed by atoms with E-state index in [-0.39, 0.29) is 12.3 Å². The van der Waals surface area contributed by atoms with Crippen LogP contribution in [-0.4, -0.2) is 38.4 Å². The molecule has 3 N–H and O–H groups in total. The summed E-state index contributed by atoms with van der Waals surface area (Å²) in [5.41, 5.74) is -1.30. The molecule has 0 aromatic carbocycles. The van der Waals surface area contributed by atoms with Gasteiger partial charge in [-0.05, 0) is 52.9 Å². The summed E-state index contributed by atoms with van der Waals surface area (Å²) < 4.78 is 6.71. The summed E-state index contributed by atoms with van der Waals surface area (Å²) in [6.45, 7) is 6.83. The van der Waals surface area contributed by atoms with Gasteiger partial charge in [-0.1, -0.05) is 0 Å². The van der Waals surface area contributed by atoms with E-state index in [4.69, 9.17) is 9.84 Å². The Hall–Kier alpha value is -2.58. The third-order valence-electron chi connectivity index (χ3n) is 4.59. The number of rotatable bonds is 4. The standard InChI is InChI=1S/C18H27N3O6/c1-10-9-21(16(25)20-15(10)24)13-6-5-11(8-14(22)23)7-12(13)19-17(26)27-18(2,3)4/h9,11-13H,5-8H2,1-4H3,(H,19,26)(H,22,23)(H,20,24,25). The van der Waals surface area contributed by atoms with Gasteiger partial charge in [-0.3, -0.25) is 19.1 Å². The van der Waals surface area contributed by atoms with E-state index >= 15 is 0 Å². The van der Waals surface area contributed by atoms with Gasteiger partial charge in [0.25, 0.3) is 5.56 Å². The first kappa shape index (κ1) is 20.7. The summed E-state index contributed by atoms with van der Waals surface area (Å²) in [6, 6.07) is -0.883. The molecule has 0 radical (unpaired) electrons. The third-order valence-corrected chi connectivity index (χ3v) is 4.59. The molecule has 0 saturated heterocycles. The molecule has 1 amide bonds. The van der Waals surface area contributed by atoms with Crippen LogP contribution < -0.4 is 16.6 Å². The van der Waals surface area contributed by atoms with Crippen molar-refractivity contribution < 1.29 is 19.4 Å². The molecule has 9 heteroatoms. The van der Waals surface area contributed by atoms with Gasteiger partial charge >= 0.3 is 17.8 Å². The maximum absolute atomic E-state index is 12.3. The molecule has 1 fully saturated rings. The predicted molar refractivity (Wildman–Crippen MR) is 97.8 cm³/mol. The molecule has 1 aromatic rings. The number of nitrogens with one attached hydrogen (secondary N) is 2. The minimum atomic E-state index is -0.897. The number of H-pyrrole nitrogens is 1. The molecular weight excluding hydrogens is 354 g/mol. The van der Waals surface area contributed by atoms with Crippen LogP contribution in [0.15, 0.2) is 15.8 Å². The van der Waals surface area contributed by atoms with Gasteiger partial charge in [0.15, 0.2) is 0 Å². The molecule has 1 saturated carbocycles. The Balaban J connectivity index is 2.29. The van der Waals surface area contributed by atoms with Gasteiger partial charge in [0, 0.05) is 18.2 Å². The van der Waals surface area contributed by atoms with Crippen molar-refractivity contribution in [3.8, 4) is 0 Å². The number of amides is 1. The van der Waals surface area contributed by atoms with E-state index in [1.54, 1.807) is 27.7 Å². The van der Waals surface area contributed by atoms with Gasteiger partial charge in [0.05, 0.1) is 12.1 Å². The highest BCUT2D eigenvalue weighted by molar-refractivity contribution is 5.68. The Morgan fingerprint density at radius 1 is 1.33 bits per heavy atom. The number of nitrogens with zero attached hydrogens (tertiary/aromatic N) is 1. The Labute approximate surface area is 156 Å². The van der Waals surface area contributed by atoms with Crippen LogP contribution in [0.4, 0.5) is 4.79 Å². The Morgan fingerprint density at radius 2 is 2.00 bits per heavy atom. The number of aliphatic carboxylic acids is 1. The van der Waals surface area contributed by atoms with E-state index in [1.165, 1.54) is 10.8 Å². The van der Waals surface area contributed by atoms with E-state index in [0.717, 1.165) is 0 Å². The smallest absolute Gasteiger partial charge is 0.407 e. The van der Waals surface area contributed by atoms with E-state index < -0.39 is 41.0 Å². The van der Waals surface area contributed by atoms with Crippen LogP contribution in [-0.2, 0) is 9.53 Å². The van der Waals surface area contributed by atoms with Crippen LogP contribution in [0.25, 0.3) is 0 Å². The average Bonchev–Trinajstić information content (AvgIpc) is 2.49. The molecule has 1 aliphatic carbocycles. The highest BCUT2D eigenvalue weighted by atomic mass is 16.6. The van der Waals surface area contributed by atoms with E-state index in [1.807, 2.05) is 0 Å². The summed E-state index contributed by atoms with van der Waals surface area (Å²) in [5.74, 6) is -1.01. The Morgan fingerprint density at radius 3 is 2.59 bits per heavy atom. The fourth-order valence-corrected chi connectivity index (χ4v) is 3.45. The number of carbonyl (C=O) groups excluding carboxylic acids is 1. The van der Waals surface area contributed by atoms with E-state index in [0.29, 0.717) is 24.8 Å². The number of hydrogen-bond acceptors (Lipinski definition) is 5. The quantitative estimate of drug-likeness (QED) is 0.725. The molecule has 3 unspecified atom stereocenters. The molecule has 1 aliphatic rings. The number of aromatic amines is 1. The predicted octanol–water partition coefficient (Wildman–Crippen LogP) is 1.55. The summed E-state index contributed by atoms with van der Waals surface area (Å²) in [6.07, 6.45) is 2.37. The zero-order valence-corrected chi connectivity index (χ0v) is 16.1. The summed E-state index contributed by atoms with van der Waals surface area (Å²) >= 11 is 0. The van der Waals surface area contributed by atoms with Gasteiger partial charge in [-0.2, -0.15) is 0 Å². The lowest BCUT2D eigenvalue weighted by Gasteiger charge is -2.37. The second kappa shape index (κ2) is 7.98. The van der Waals surface area contributed by atoms with Crippen molar-refractivity contribution in [1.82, 2.24) is 14.9 Å². The normalized spacial score (nSPS) is 22.9. The zero-order chi connectivity index (χ0) is 20.4. The lowest BCUT2D eigenvalue weighted by Crippen LogP contribution is -2.49. The fourth-order valence-electron chi connectivity index (χ4n) is 3.45. The number of carbonyl (C=O) groups is 2. The van der Waals surface area contributed by atoms with Crippen LogP contribution in [0.1, 0.15) is 58.1 Å². The van der Waals surface area contributed by atoms with E-state index in [9.17, 15) is 19.2 Å². The Bertz CT molecular complexity index is 820. The molecule has 0 aliphatic heterocycles. The molecule has 3 atom stereocenters. The molecule has 9 nitrogen and oxygen atoms in total. The van der Waals surface area contributed by atoms with Gasteiger partial charge < -0.3 is 15.2 Å². The van der Waals surface area contributed by atoms with Gasteiger partial charge in [0.1, 0.15) is 5.60 Å². The fraction of sp³-hybridized carbons (Fsp3) is 0.667. The van der Waals surface area contributed by atoms with Crippen LogP contribution >= 0.6 is 0 Å². The largest absolute Gasteiger partial charge is 0.481 e. The molecular formula is C18H27N3O6. The van der Waals surface area contributed by atoms with Crippen molar-refractivity contribution in [1.29, 1.82) is 0 Å². The van der Waals surface area contributed by atoms with Crippen molar-refractivity contribution >= 4 is 12.1 Å². The molecule has 0 bridgehead atoms. The summed E-state index contributed by atoms with van der Waals surface area (Å²) in [7, 11) is 0. The zero-order valence-electron chi connectivity index (χ0n) is 16.1.